The summed E-state index contributed by atoms with van der Waals surface area (Å²) in [6, 6.07) is 0. The van der Waals surface area contributed by atoms with Crippen molar-refractivity contribution in [3.63, 3.8) is 0 Å². The monoisotopic (exact) mass is 227 g/mol. The molecule has 78 valence electrons. The molecule has 0 aliphatic rings. The molecule has 1 aromatic rings. The van der Waals surface area contributed by atoms with Crippen LogP contribution in [0, 0.1) is 22.5 Å². The Bertz CT molecular complexity index is 416. The van der Waals surface area contributed by atoms with Gasteiger partial charge >= 0.3 is 5.69 Å². The first-order chi connectivity index (χ1) is 7.16. The van der Waals surface area contributed by atoms with Gasteiger partial charge in [0.05, 0.1) is 4.92 Å². The number of halogens is 1. The molecular weight excluding hydrogens is 222 g/mol. The number of nitro groups is 1. The van der Waals surface area contributed by atoms with Gasteiger partial charge in [-0.1, -0.05) is 11.6 Å². The Balaban J connectivity index is 2.92. The fourth-order valence-corrected chi connectivity index (χ4v) is 1.00. The maximum atomic E-state index is 10.6. The Morgan fingerprint density at radius 2 is 2.40 bits per heavy atom. The van der Waals surface area contributed by atoms with Crippen LogP contribution in [-0.2, 0) is 0 Å². The molecule has 15 heavy (non-hydrogen) atoms. The first-order valence-corrected chi connectivity index (χ1v) is 4.25. The van der Waals surface area contributed by atoms with Crippen LogP contribution >= 0.6 is 11.6 Å². The van der Waals surface area contributed by atoms with E-state index in [4.69, 9.17) is 22.8 Å². The number of hydrogen-bond donors (Lipinski definition) is 0. The minimum atomic E-state index is -0.701. The average molecular weight is 228 g/mol. The second-order valence-electron chi connectivity index (χ2n) is 2.38. The van der Waals surface area contributed by atoms with Gasteiger partial charge in [-0.3, -0.25) is 10.1 Å². The minimum absolute atomic E-state index is 0.144. The molecule has 0 radical (unpaired) electrons. The van der Waals surface area contributed by atoms with E-state index in [-0.39, 0.29) is 17.6 Å². The Labute approximate surface area is 90.4 Å². The molecule has 0 saturated carbocycles. The third-order valence-corrected chi connectivity index (χ3v) is 1.69. The van der Waals surface area contributed by atoms with Gasteiger partial charge in [-0.25, -0.2) is 4.98 Å². The highest BCUT2D eigenvalue weighted by Gasteiger charge is 2.22. The summed E-state index contributed by atoms with van der Waals surface area (Å²) in [4.78, 5) is 17.0. The van der Waals surface area contributed by atoms with Crippen LogP contribution in [0.2, 0.25) is 5.15 Å². The molecule has 0 aliphatic carbocycles. The molecule has 0 bridgehead atoms. The zero-order chi connectivity index (χ0) is 11.3. The zero-order valence-corrected chi connectivity index (χ0v) is 8.27. The average Bonchev–Trinajstić information content (AvgIpc) is 2.17. The quantitative estimate of drug-likeness (QED) is 0.256. The normalized spacial score (nSPS) is 9.33. The van der Waals surface area contributed by atoms with Crippen molar-refractivity contribution in [2.24, 2.45) is 0 Å². The molecule has 1 heterocycles. The van der Waals surface area contributed by atoms with E-state index in [0.29, 0.717) is 6.42 Å². The summed E-state index contributed by atoms with van der Waals surface area (Å²) in [5.41, 5.74) is -0.448. The van der Waals surface area contributed by atoms with Gasteiger partial charge in [-0.05, 0) is 0 Å². The number of terminal acetylenes is 1. The number of aromatic nitrogens is 2. The maximum absolute atomic E-state index is 10.6. The summed E-state index contributed by atoms with van der Waals surface area (Å²) in [7, 11) is 0. The molecule has 0 aromatic carbocycles. The molecule has 7 heteroatoms. The number of hydrogen-bond acceptors (Lipinski definition) is 5. The van der Waals surface area contributed by atoms with E-state index >= 15 is 0 Å². The molecule has 1 aromatic heterocycles. The minimum Gasteiger partial charge on any atom is -0.472 e. The number of ether oxygens (including phenoxy) is 1. The van der Waals surface area contributed by atoms with Crippen LogP contribution in [-0.4, -0.2) is 21.5 Å². The van der Waals surface area contributed by atoms with Crippen molar-refractivity contribution in [2.75, 3.05) is 6.61 Å². The summed E-state index contributed by atoms with van der Waals surface area (Å²) in [5.74, 6) is 2.16. The largest absolute Gasteiger partial charge is 0.472 e. The van der Waals surface area contributed by atoms with Crippen LogP contribution < -0.4 is 4.74 Å². The molecule has 0 unspecified atom stereocenters. The van der Waals surface area contributed by atoms with E-state index < -0.39 is 10.6 Å². The smallest absolute Gasteiger partial charge is 0.367 e. The van der Waals surface area contributed by atoms with Crippen molar-refractivity contribution < 1.29 is 9.66 Å². The third-order valence-electron chi connectivity index (χ3n) is 1.41. The third kappa shape index (κ3) is 2.79. The predicted octanol–water partition coefficient (Wildman–Crippen LogP) is 1.44. The van der Waals surface area contributed by atoms with Crippen molar-refractivity contribution in [2.45, 2.75) is 6.42 Å². The van der Waals surface area contributed by atoms with Gasteiger partial charge in [-0.2, -0.15) is 4.98 Å². The van der Waals surface area contributed by atoms with Crippen molar-refractivity contribution in [1.82, 2.24) is 9.97 Å². The first-order valence-electron chi connectivity index (χ1n) is 3.88. The van der Waals surface area contributed by atoms with Gasteiger partial charge in [0, 0.05) is 6.42 Å². The Hall–Kier alpha value is -1.87. The summed E-state index contributed by atoms with van der Waals surface area (Å²) in [5, 5.41) is 10.3. The Morgan fingerprint density at radius 1 is 1.67 bits per heavy atom. The van der Waals surface area contributed by atoms with Gasteiger partial charge < -0.3 is 4.74 Å². The van der Waals surface area contributed by atoms with Gasteiger partial charge in [-0.15, -0.1) is 12.3 Å². The lowest BCUT2D eigenvalue weighted by atomic mass is 10.5. The van der Waals surface area contributed by atoms with Gasteiger partial charge in [0.2, 0.25) is 5.15 Å². The van der Waals surface area contributed by atoms with Crippen molar-refractivity contribution in [3.05, 3.63) is 21.6 Å². The molecule has 6 nitrogen and oxygen atoms in total. The van der Waals surface area contributed by atoms with Crippen LogP contribution in [0.1, 0.15) is 6.42 Å². The Kier molecular flexibility index (Phi) is 3.83. The van der Waals surface area contributed by atoms with Gasteiger partial charge in [0.1, 0.15) is 12.9 Å². The highest BCUT2D eigenvalue weighted by Crippen LogP contribution is 2.29. The molecule has 0 amide bonds. The van der Waals surface area contributed by atoms with Crippen LogP contribution in [0.3, 0.4) is 0 Å². The summed E-state index contributed by atoms with van der Waals surface area (Å²) in [6.45, 7) is 0.144. The molecular formula is C8H6ClN3O3. The maximum Gasteiger partial charge on any atom is 0.367 e. The molecule has 1 rings (SSSR count). The number of rotatable bonds is 4. The lowest BCUT2D eigenvalue weighted by Crippen LogP contribution is -2.03. The van der Waals surface area contributed by atoms with E-state index in [1.165, 1.54) is 0 Å². The van der Waals surface area contributed by atoms with Crippen LogP contribution in [0.25, 0.3) is 0 Å². The van der Waals surface area contributed by atoms with Crippen molar-refractivity contribution in [1.29, 1.82) is 0 Å². The Morgan fingerprint density at radius 3 is 3.00 bits per heavy atom. The van der Waals surface area contributed by atoms with Crippen molar-refractivity contribution >= 4 is 17.3 Å². The fourth-order valence-electron chi connectivity index (χ4n) is 0.808. The van der Waals surface area contributed by atoms with Crippen LogP contribution in [0.5, 0.6) is 5.88 Å². The molecule has 0 aliphatic heterocycles. The van der Waals surface area contributed by atoms with Crippen molar-refractivity contribution in [3.8, 4) is 18.2 Å². The van der Waals surface area contributed by atoms with E-state index in [1.54, 1.807) is 0 Å². The van der Waals surface area contributed by atoms with Crippen LogP contribution in [0.4, 0.5) is 5.69 Å². The zero-order valence-electron chi connectivity index (χ0n) is 7.51. The lowest BCUT2D eigenvalue weighted by molar-refractivity contribution is -0.386. The molecule has 0 saturated heterocycles. The lowest BCUT2D eigenvalue weighted by Gasteiger charge is -2.03. The molecule has 0 atom stereocenters. The topological polar surface area (TPSA) is 78.2 Å². The van der Waals surface area contributed by atoms with E-state index in [2.05, 4.69) is 15.9 Å². The first kappa shape index (κ1) is 11.2. The van der Waals surface area contributed by atoms with Gasteiger partial charge in [0.25, 0.3) is 5.88 Å². The summed E-state index contributed by atoms with van der Waals surface area (Å²) >= 11 is 5.52. The van der Waals surface area contributed by atoms with E-state index in [0.717, 1.165) is 6.33 Å². The number of nitrogens with zero attached hydrogens (tertiary/aromatic N) is 3. The summed E-state index contributed by atoms with van der Waals surface area (Å²) < 4.78 is 5.00. The standard InChI is InChI=1S/C8H6ClN3O3/c1-2-3-4-15-8-6(12(13)14)7(9)10-5-11-8/h1,5H,3-4H2. The second-order valence-corrected chi connectivity index (χ2v) is 2.74. The van der Waals surface area contributed by atoms with Gasteiger partial charge in [0.15, 0.2) is 0 Å². The molecule has 0 spiro atoms. The fraction of sp³-hybridized carbons (Fsp3) is 0.250. The highest BCUT2D eigenvalue weighted by atomic mass is 35.5. The van der Waals surface area contributed by atoms with E-state index in [9.17, 15) is 10.1 Å². The second kappa shape index (κ2) is 5.12. The SMILES string of the molecule is C#CCCOc1ncnc(Cl)c1[N+](=O)[O-]. The van der Waals surface area contributed by atoms with Crippen LogP contribution in [0.15, 0.2) is 6.33 Å². The summed E-state index contributed by atoms with van der Waals surface area (Å²) in [6.07, 6.45) is 6.41. The molecule has 0 N–H and O–H groups in total. The highest BCUT2D eigenvalue weighted by molar-refractivity contribution is 6.31. The predicted molar refractivity (Wildman–Crippen MR) is 52.6 cm³/mol. The van der Waals surface area contributed by atoms with E-state index in [1.807, 2.05) is 0 Å². The molecule has 0 fully saturated rings.